The lowest BCUT2D eigenvalue weighted by Gasteiger charge is -2.18. The van der Waals surface area contributed by atoms with E-state index in [0.717, 1.165) is 28.2 Å². The van der Waals surface area contributed by atoms with Gasteiger partial charge in [-0.15, -0.1) is 0 Å². The average molecular weight is 422 g/mol. The molecule has 4 rings (SSSR count). The van der Waals surface area contributed by atoms with Crippen molar-refractivity contribution in [3.8, 4) is 11.5 Å². The summed E-state index contributed by atoms with van der Waals surface area (Å²) in [6.07, 6.45) is 0.871. The number of nitrogens with zero attached hydrogens (tertiary/aromatic N) is 1. The molecule has 0 bridgehead atoms. The first-order chi connectivity index (χ1) is 14.7. The molecule has 2 heterocycles. The summed E-state index contributed by atoms with van der Waals surface area (Å²) in [5, 5.41) is 2.77. The molecule has 0 saturated carbocycles. The zero-order chi connectivity index (χ0) is 22.2. The van der Waals surface area contributed by atoms with E-state index in [9.17, 15) is 14.4 Å². The van der Waals surface area contributed by atoms with Gasteiger partial charge in [0.2, 0.25) is 5.91 Å². The molecule has 2 aliphatic rings. The number of carbonyl (C=O) groups excluding carboxylic acids is 3. The highest BCUT2D eigenvalue weighted by Gasteiger charge is 2.35. The molecule has 162 valence electrons. The lowest BCUT2D eigenvalue weighted by Crippen LogP contribution is -2.35. The van der Waals surface area contributed by atoms with Gasteiger partial charge in [0.15, 0.2) is 11.5 Å². The van der Waals surface area contributed by atoms with Gasteiger partial charge in [-0.25, -0.2) is 0 Å². The van der Waals surface area contributed by atoms with Crippen LogP contribution in [0.5, 0.6) is 11.5 Å². The third kappa shape index (κ3) is 4.26. The molecule has 31 heavy (non-hydrogen) atoms. The van der Waals surface area contributed by atoms with Crippen LogP contribution in [0.3, 0.4) is 0 Å². The monoisotopic (exact) mass is 422 g/mol. The zero-order valence-electron chi connectivity index (χ0n) is 18.0. The third-order valence-corrected chi connectivity index (χ3v) is 5.43. The van der Waals surface area contributed by atoms with Crippen LogP contribution >= 0.6 is 0 Å². The molecule has 2 aromatic rings. The molecule has 1 N–H and O–H groups in total. The number of benzene rings is 2. The van der Waals surface area contributed by atoms with Crippen molar-refractivity contribution in [2.24, 2.45) is 0 Å². The highest BCUT2D eigenvalue weighted by Crippen LogP contribution is 2.41. The molecule has 0 saturated heterocycles. The minimum atomic E-state index is -0.350. The fourth-order valence-electron chi connectivity index (χ4n) is 3.96. The number of rotatable bonds is 7. The smallest absolute Gasteiger partial charge is 0.261 e. The summed E-state index contributed by atoms with van der Waals surface area (Å²) in [5.74, 6) is 0.489. The normalized spacial score (nSPS) is 16.0. The Kier molecular flexibility index (Phi) is 5.43. The van der Waals surface area contributed by atoms with Crippen LogP contribution in [0.1, 0.15) is 52.1 Å². The van der Waals surface area contributed by atoms with E-state index in [1.807, 2.05) is 39.0 Å². The van der Waals surface area contributed by atoms with Crippen LogP contribution < -0.4 is 14.8 Å². The molecule has 7 heteroatoms. The molecule has 0 spiro atoms. The highest BCUT2D eigenvalue weighted by atomic mass is 16.5. The molecular weight excluding hydrogens is 396 g/mol. The summed E-state index contributed by atoms with van der Waals surface area (Å²) in [6, 6.07) is 11.0. The Morgan fingerprint density at radius 2 is 1.94 bits per heavy atom. The Morgan fingerprint density at radius 3 is 2.74 bits per heavy atom. The van der Waals surface area contributed by atoms with Crippen molar-refractivity contribution < 1.29 is 23.9 Å². The first-order valence-electron chi connectivity index (χ1n) is 10.4. The molecule has 0 unspecified atom stereocenters. The number of fused-ring (bicyclic) bond motifs is 2. The van der Waals surface area contributed by atoms with Crippen molar-refractivity contribution >= 4 is 17.7 Å². The van der Waals surface area contributed by atoms with Crippen LogP contribution in [0.25, 0.3) is 0 Å². The fraction of sp³-hybridized carbons (Fsp3) is 0.375. The maximum Gasteiger partial charge on any atom is 0.261 e. The minimum Gasteiger partial charge on any atom is -0.488 e. The molecule has 3 amide bonds. The van der Waals surface area contributed by atoms with Crippen LogP contribution in [0.15, 0.2) is 36.4 Å². The number of hydrogen-bond acceptors (Lipinski definition) is 5. The Bertz CT molecular complexity index is 1060. The van der Waals surface area contributed by atoms with E-state index >= 15 is 0 Å². The average Bonchev–Trinajstić information content (AvgIpc) is 3.16. The number of imide groups is 1. The third-order valence-electron chi connectivity index (χ3n) is 5.43. The standard InChI is InChI=1S/C24H26N2O5/c1-15-7-8-17-18(13-15)23(29)26(22(17)28)11-9-20(27)25-10-12-30-19-6-4-5-16-14-24(2,3)31-21(16)19/h4-8,13H,9-12,14H2,1-3H3,(H,25,27). The molecule has 0 aliphatic carbocycles. The maximum absolute atomic E-state index is 12.5. The minimum absolute atomic E-state index is 0.0441. The molecule has 0 atom stereocenters. The Labute approximate surface area is 181 Å². The van der Waals surface area contributed by atoms with Crippen LogP contribution in [0.2, 0.25) is 0 Å². The molecular formula is C24H26N2O5. The Hall–Kier alpha value is -3.35. The number of ether oxygens (including phenoxy) is 2. The lowest BCUT2D eigenvalue weighted by atomic mass is 10.0. The van der Waals surface area contributed by atoms with E-state index in [4.69, 9.17) is 9.47 Å². The van der Waals surface area contributed by atoms with Gasteiger partial charge in [0.05, 0.1) is 17.7 Å². The van der Waals surface area contributed by atoms with Gasteiger partial charge in [0.25, 0.3) is 11.8 Å². The predicted octanol–water partition coefficient (Wildman–Crippen LogP) is 2.89. The van der Waals surface area contributed by atoms with Gasteiger partial charge in [-0.3, -0.25) is 19.3 Å². The molecule has 0 aromatic heterocycles. The summed E-state index contributed by atoms with van der Waals surface area (Å²) < 4.78 is 11.8. The van der Waals surface area contributed by atoms with Crippen LogP contribution in [0, 0.1) is 6.92 Å². The number of hydrogen-bond donors (Lipinski definition) is 1. The molecule has 2 aromatic carbocycles. The number of amides is 3. The first-order valence-corrected chi connectivity index (χ1v) is 10.4. The molecule has 2 aliphatic heterocycles. The second kappa shape index (κ2) is 8.06. The van der Waals surface area contributed by atoms with Crippen LogP contribution in [-0.4, -0.2) is 47.9 Å². The molecule has 7 nitrogen and oxygen atoms in total. The van der Waals surface area contributed by atoms with Crippen molar-refractivity contribution in [2.45, 2.75) is 39.2 Å². The van der Waals surface area contributed by atoms with Crippen LogP contribution in [-0.2, 0) is 11.2 Å². The van der Waals surface area contributed by atoms with Gasteiger partial charge in [-0.05, 0) is 39.0 Å². The fourth-order valence-corrected chi connectivity index (χ4v) is 3.96. The first kappa shape index (κ1) is 20.9. The zero-order valence-corrected chi connectivity index (χ0v) is 18.0. The van der Waals surface area contributed by atoms with Gasteiger partial charge in [-0.1, -0.05) is 23.8 Å². The highest BCUT2D eigenvalue weighted by molar-refractivity contribution is 6.21. The summed E-state index contributed by atoms with van der Waals surface area (Å²) in [5.41, 5.74) is 2.57. The second-order valence-corrected chi connectivity index (χ2v) is 8.54. The lowest BCUT2D eigenvalue weighted by molar-refractivity contribution is -0.121. The van der Waals surface area contributed by atoms with E-state index in [0.29, 0.717) is 23.4 Å². The summed E-state index contributed by atoms with van der Waals surface area (Å²) in [7, 11) is 0. The van der Waals surface area contributed by atoms with Gasteiger partial charge in [0, 0.05) is 24.9 Å². The molecule has 0 radical (unpaired) electrons. The maximum atomic E-state index is 12.5. The number of nitrogens with one attached hydrogen (secondary N) is 1. The topological polar surface area (TPSA) is 84.9 Å². The van der Waals surface area contributed by atoms with Gasteiger partial charge in [0.1, 0.15) is 12.2 Å². The van der Waals surface area contributed by atoms with E-state index in [1.54, 1.807) is 18.2 Å². The van der Waals surface area contributed by atoms with E-state index in [1.165, 1.54) is 0 Å². The Balaban J connectivity index is 1.23. The van der Waals surface area contributed by atoms with Crippen molar-refractivity contribution in [1.82, 2.24) is 10.2 Å². The van der Waals surface area contributed by atoms with Crippen LogP contribution in [0.4, 0.5) is 0 Å². The number of para-hydroxylation sites is 1. The molecule has 0 fully saturated rings. The van der Waals surface area contributed by atoms with Gasteiger partial charge < -0.3 is 14.8 Å². The number of aryl methyl sites for hydroxylation is 1. The van der Waals surface area contributed by atoms with Gasteiger partial charge in [-0.2, -0.15) is 0 Å². The van der Waals surface area contributed by atoms with E-state index in [2.05, 4.69) is 5.32 Å². The largest absolute Gasteiger partial charge is 0.488 e. The van der Waals surface area contributed by atoms with E-state index in [-0.39, 0.29) is 42.9 Å². The Morgan fingerprint density at radius 1 is 1.16 bits per heavy atom. The quantitative estimate of drug-likeness (QED) is 0.548. The van der Waals surface area contributed by atoms with Gasteiger partial charge >= 0.3 is 0 Å². The summed E-state index contributed by atoms with van der Waals surface area (Å²) >= 11 is 0. The SMILES string of the molecule is Cc1ccc2c(c1)C(=O)N(CCC(=O)NCCOc1cccc3c1OC(C)(C)C3)C2=O. The predicted molar refractivity (Wildman–Crippen MR) is 115 cm³/mol. The second-order valence-electron chi connectivity index (χ2n) is 8.54. The van der Waals surface area contributed by atoms with Crippen molar-refractivity contribution in [3.05, 3.63) is 58.7 Å². The van der Waals surface area contributed by atoms with E-state index < -0.39 is 0 Å². The van der Waals surface area contributed by atoms with Crippen molar-refractivity contribution in [2.75, 3.05) is 19.7 Å². The van der Waals surface area contributed by atoms with Crippen molar-refractivity contribution in [3.63, 3.8) is 0 Å². The number of carbonyl (C=O) groups is 3. The summed E-state index contributed by atoms with van der Waals surface area (Å²) in [4.78, 5) is 38.2. The summed E-state index contributed by atoms with van der Waals surface area (Å²) in [6.45, 7) is 6.59. The van der Waals surface area contributed by atoms with Crippen molar-refractivity contribution in [1.29, 1.82) is 0 Å².